The van der Waals surface area contributed by atoms with Crippen molar-refractivity contribution in [3.8, 4) is 11.5 Å². The second kappa shape index (κ2) is 8.78. The second-order valence-corrected chi connectivity index (χ2v) is 4.07. The van der Waals surface area contributed by atoms with E-state index in [2.05, 4.69) is 0 Å². The van der Waals surface area contributed by atoms with Gasteiger partial charge in [0.05, 0.1) is 13.7 Å². The Bertz CT molecular complexity index is 342. The van der Waals surface area contributed by atoms with Gasteiger partial charge in [0.2, 0.25) is 0 Å². The zero-order valence-electron chi connectivity index (χ0n) is 11.3. The van der Waals surface area contributed by atoms with Gasteiger partial charge >= 0.3 is 0 Å². The maximum atomic E-state index is 5.70. The molecule has 0 unspecified atom stereocenters. The van der Waals surface area contributed by atoms with Gasteiger partial charge in [0.15, 0.2) is 11.5 Å². The molecule has 0 spiro atoms. The summed E-state index contributed by atoms with van der Waals surface area (Å²) in [7, 11) is 3.36. The Kier molecular flexibility index (Phi) is 7.22. The first-order valence-electron chi connectivity index (χ1n) is 6.30. The highest BCUT2D eigenvalue weighted by atomic mass is 16.5. The van der Waals surface area contributed by atoms with Gasteiger partial charge in [-0.2, -0.15) is 0 Å². The topological polar surface area (TPSA) is 53.7 Å². The lowest BCUT2D eigenvalue weighted by molar-refractivity contribution is 0.183. The van der Waals surface area contributed by atoms with E-state index >= 15 is 0 Å². The van der Waals surface area contributed by atoms with Gasteiger partial charge in [-0.05, 0) is 43.5 Å². The Labute approximate surface area is 109 Å². The van der Waals surface area contributed by atoms with Gasteiger partial charge in [0.25, 0.3) is 0 Å². The van der Waals surface area contributed by atoms with Crippen LogP contribution in [0.5, 0.6) is 11.5 Å². The summed E-state index contributed by atoms with van der Waals surface area (Å²) in [5.41, 5.74) is 6.70. The molecular weight excluding hydrogens is 230 g/mol. The van der Waals surface area contributed by atoms with E-state index in [4.69, 9.17) is 19.9 Å². The van der Waals surface area contributed by atoms with Gasteiger partial charge in [-0.3, -0.25) is 0 Å². The van der Waals surface area contributed by atoms with Gasteiger partial charge in [-0.1, -0.05) is 6.07 Å². The Morgan fingerprint density at radius 3 is 2.50 bits per heavy atom. The summed E-state index contributed by atoms with van der Waals surface area (Å²) in [6, 6.07) is 5.96. The third-order valence-corrected chi connectivity index (χ3v) is 2.66. The minimum atomic E-state index is 0.639. The Morgan fingerprint density at radius 1 is 1.06 bits per heavy atom. The lowest BCUT2D eigenvalue weighted by Crippen LogP contribution is -2.04. The molecular formula is C14H23NO3. The minimum Gasteiger partial charge on any atom is -0.493 e. The molecule has 0 radical (unpaired) electrons. The first kappa shape index (κ1) is 14.8. The summed E-state index contributed by atoms with van der Waals surface area (Å²) in [5.74, 6) is 1.56. The fraction of sp³-hybridized carbons (Fsp3) is 0.571. The Balaban J connectivity index is 2.48. The number of nitrogens with two attached hydrogens (primary N) is 1. The maximum Gasteiger partial charge on any atom is 0.161 e. The molecule has 1 aromatic rings. The van der Waals surface area contributed by atoms with E-state index < -0.39 is 0 Å². The lowest BCUT2D eigenvalue weighted by Gasteiger charge is -2.12. The van der Waals surface area contributed by atoms with Crippen LogP contribution < -0.4 is 15.2 Å². The summed E-state index contributed by atoms with van der Waals surface area (Å²) in [5, 5.41) is 0. The van der Waals surface area contributed by atoms with E-state index in [1.807, 2.05) is 18.2 Å². The lowest BCUT2D eigenvalue weighted by atomic mass is 10.1. The summed E-state index contributed by atoms with van der Waals surface area (Å²) >= 11 is 0. The molecule has 0 aliphatic heterocycles. The Morgan fingerprint density at radius 2 is 1.83 bits per heavy atom. The Hall–Kier alpha value is -1.26. The molecule has 0 fully saturated rings. The first-order valence-corrected chi connectivity index (χ1v) is 6.30. The van der Waals surface area contributed by atoms with E-state index in [-0.39, 0.29) is 0 Å². The highest BCUT2D eigenvalue weighted by Gasteiger charge is 2.05. The molecule has 0 bridgehead atoms. The highest BCUT2D eigenvalue weighted by Crippen LogP contribution is 2.28. The summed E-state index contributed by atoms with van der Waals surface area (Å²) in [6.07, 6.45) is 2.83. The van der Waals surface area contributed by atoms with Crippen LogP contribution in [-0.4, -0.2) is 34.0 Å². The van der Waals surface area contributed by atoms with Gasteiger partial charge in [0, 0.05) is 13.7 Å². The van der Waals surface area contributed by atoms with Gasteiger partial charge in [0.1, 0.15) is 0 Å². The van der Waals surface area contributed by atoms with Crippen LogP contribution in [-0.2, 0) is 11.2 Å². The van der Waals surface area contributed by atoms with Crippen LogP contribution in [0.15, 0.2) is 18.2 Å². The molecule has 18 heavy (non-hydrogen) atoms. The number of hydrogen-bond donors (Lipinski definition) is 1. The predicted molar refractivity (Wildman–Crippen MR) is 72.4 cm³/mol. The molecule has 0 aliphatic carbocycles. The monoisotopic (exact) mass is 253 g/mol. The molecule has 1 aromatic carbocycles. The van der Waals surface area contributed by atoms with Crippen LogP contribution in [0.4, 0.5) is 0 Å². The number of rotatable bonds is 9. The van der Waals surface area contributed by atoms with Crippen LogP contribution in [0.1, 0.15) is 18.4 Å². The van der Waals surface area contributed by atoms with E-state index in [0.717, 1.165) is 37.4 Å². The van der Waals surface area contributed by atoms with Crippen molar-refractivity contribution in [2.24, 2.45) is 5.73 Å². The summed E-state index contributed by atoms with van der Waals surface area (Å²) < 4.78 is 16.0. The van der Waals surface area contributed by atoms with Crippen molar-refractivity contribution < 1.29 is 14.2 Å². The zero-order chi connectivity index (χ0) is 13.2. The molecule has 4 heteroatoms. The smallest absolute Gasteiger partial charge is 0.161 e. The van der Waals surface area contributed by atoms with E-state index in [1.54, 1.807) is 14.2 Å². The number of hydrogen-bond acceptors (Lipinski definition) is 4. The molecule has 0 saturated carbocycles. The molecule has 2 N–H and O–H groups in total. The van der Waals surface area contributed by atoms with Crippen molar-refractivity contribution in [2.75, 3.05) is 34.0 Å². The van der Waals surface area contributed by atoms with Crippen LogP contribution in [0.25, 0.3) is 0 Å². The number of benzene rings is 1. The molecule has 0 aliphatic rings. The quantitative estimate of drug-likeness (QED) is 0.684. The molecule has 4 nitrogen and oxygen atoms in total. The molecule has 0 saturated heterocycles. The maximum absolute atomic E-state index is 5.70. The van der Waals surface area contributed by atoms with Gasteiger partial charge in [-0.15, -0.1) is 0 Å². The van der Waals surface area contributed by atoms with Gasteiger partial charge in [-0.25, -0.2) is 0 Å². The van der Waals surface area contributed by atoms with Crippen molar-refractivity contribution >= 4 is 0 Å². The first-order chi connectivity index (χ1) is 8.81. The van der Waals surface area contributed by atoms with Crippen molar-refractivity contribution in [3.63, 3.8) is 0 Å². The van der Waals surface area contributed by atoms with Crippen molar-refractivity contribution in [1.29, 1.82) is 0 Å². The standard InChI is InChI=1S/C14H23NO3/c1-16-9-3-4-10-18-13-6-5-12(7-8-15)11-14(13)17-2/h5-6,11H,3-4,7-10,15H2,1-2H3. The summed E-state index contributed by atoms with van der Waals surface area (Å²) in [6.45, 7) is 2.09. The van der Waals surface area contributed by atoms with Crippen LogP contribution >= 0.6 is 0 Å². The van der Waals surface area contributed by atoms with E-state index in [0.29, 0.717) is 13.2 Å². The highest BCUT2D eigenvalue weighted by molar-refractivity contribution is 5.43. The third-order valence-electron chi connectivity index (χ3n) is 2.66. The molecule has 102 valence electrons. The summed E-state index contributed by atoms with van der Waals surface area (Å²) in [4.78, 5) is 0. The molecule has 0 heterocycles. The number of ether oxygens (including phenoxy) is 3. The fourth-order valence-corrected chi connectivity index (χ4v) is 1.68. The number of methoxy groups -OCH3 is 2. The predicted octanol–water partition coefficient (Wildman–Crippen LogP) is 2.00. The van der Waals surface area contributed by atoms with Crippen LogP contribution in [0.2, 0.25) is 0 Å². The third kappa shape index (κ3) is 4.94. The average Bonchev–Trinajstić information content (AvgIpc) is 2.40. The SMILES string of the molecule is COCCCCOc1ccc(CCN)cc1OC. The average molecular weight is 253 g/mol. The second-order valence-electron chi connectivity index (χ2n) is 4.07. The fourth-order valence-electron chi connectivity index (χ4n) is 1.68. The van der Waals surface area contributed by atoms with Crippen molar-refractivity contribution in [3.05, 3.63) is 23.8 Å². The van der Waals surface area contributed by atoms with E-state index in [9.17, 15) is 0 Å². The van der Waals surface area contributed by atoms with Crippen molar-refractivity contribution in [2.45, 2.75) is 19.3 Å². The van der Waals surface area contributed by atoms with Crippen molar-refractivity contribution in [1.82, 2.24) is 0 Å². The molecule has 0 aromatic heterocycles. The minimum absolute atomic E-state index is 0.639. The largest absolute Gasteiger partial charge is 0.493 e. The zero-order valence-corrected chi connectivity index (χ0v) is 11.3. The normalized spacial score (nSPS) is 10.4. The van der Waals surface area contributed by atoms with E-state index in [1.165, 1.54) is 5.56 Å². The van der Waals surface area contributed by atoms with Crippen LogP contribution in [0, 0.1) is 0 Å². The molecule has 1 rings (SSSR count). The van der Waals surface area contributed by atoms with Crippen LogP contribution in [0.3, 0.4) is 0 Å². The van der Waals surface area contributed by atoms with Gasteiger partial charge < -0.3 is 19.9 Å². The molecule has 0 amide bonds. The molecule has 0 atom stereocenters. The number of unbranched alkanes of at least 4 members (excludes halogenated alkanes) is 1.